The number of hydrogen-bond acceptors (Lipinski definition) is 3. The molecule has 1 heterocycles. The van der Waals surface area contributed by atoms with Crippen molar-refractivity contribution in [3.63, 3.8) is 0 Å². The summed E-state index contributed by atoms with van der Waals surface area (Å²) in [5.41, 5.74) is 2.73. The maximum atomic E-state index is 5.35. The van der Waals surface area contributed by atoms with Crippen LogP contribution in [0, 0.1) is 6.92 Å². The van der Waals surface area contributed by atoms with Gasteiger partial charge in [0.15, 0.2) is 0 Å². The van der Waals surface area contributed by atoms with Crippen molar-refractivity contribution in [2.24, 2.45) is 0 Å². The van der Waals surface area contributed by atoms with Crippen molar-refractivity contribution in [1.29, 1.82) is 0 Å². The third-order valence-corrected chi connectivity index (χ3v) is 4.05. The van der Waals surface area contributed by atoms with Crippen molar-refractivity contribution in [3.8, 4) is 0 Å². The average molecular weight is 327 g/mol. The minimum Gasteiger partial charge on any atom is -0.379 e. The van der Waals surface area contributed by atoms with E-state index in [1.54, 1.807) is 0 Å². The van der Waals surface area contributed by atoms with Crippen LogP contribution in [-0.2, 0) is 11.3 Å². The van der Waals surface area contributed by atoms with Gasteiger partial charge in [-0.3, -0.25) is 4.90 Å². The van der Waals surface area contributed by atoms with Gasteiger partial charge in [0.05, 0.1) is 13.2 Å². The molecule has 0 amide bonds. The van der Waals surface area contributed by atoms with E-state index in [1.807, 2.05) is 0 Å². The molecule has 1 aromatic rings. The molecule has 1 fully saturated rings. The van der Waals surface area contributed by atoms with Gasteiger partial charge in [0.2, 0.25) is 0 Å². The number of morpholine rings is 1. The molecule has 0 unspecified atom stereocenters. The van der Waals surface area contributed by atoms with Crippen LogP contribution < -0.4 is 5.32 Å². The lowest BCUT2D eigenvalue weighted by Crippen LogP contribution is -2.37. The van der Waals surface area contributed by atoms with Gasteiger partial charge in [-0.25, -0.2) is 0 Å². The lowest BCUT2D eigenvalue weighted by molar-refractivity contribution is 0.0374. The Morgan fingerprint density at radius 2 is 2.11 bits per heavy atom. The summed E-state index contributed by atoms with van der Waals surface area (Å²) in [5.74, 6) is 0. The number of benzene rings is 1. The number of rotatable bonds is 6. The molecular weight excluding hydrogens is 304 g/mol. The normalized spacial score (nSPS) is 16.7. The number of hydrogen-bond donors (Lipinski definition) is 1. The molecule has 3 nitrogen and oxygen atoms in total. The third kappa shape index (κ3) is 5.22. The highest BCUT2D eigenvalue weighted by atomic mass is 79.9. The Balaban J connectivity index is 1.62. The fraction of sp³-hybridized carbons (Fsp3) is 0.600. The zero-order valence-electron chi connectivity index (χ0n) is 11.6. The smallest absolute Gasteiger partial charge is 0.0594 e. The first-order valence-corrected chi connectivity index (χ1v) is 7.81. The first kappa shape index (κ1) is 15.0. The maximum Gasteiger partial charge on any atom is 0.0594 e. The van der Waals surface area contributed by atoms with Crippen LogP contribution in [0.2, 0.25) is 0 Å². The van der Waals surface area contributed by atoms with Gasteiger partial charge in [0.25, 0.3) is 0 Å². The molecule has 1 saturated heterocycles. The van der Waals surface area contributed by atoms with Crippen LogP contribution in [0.5, 0.6) is 0 Å². The number of nitrogens with zero attached hydrogens (tertiary/aromatic N) is 1. The van der Waals surface area contributed by atoms with Gasteiger partial charge in [-0.2, -0.15) is 0 Å². The highest BCUT2D eigenvalue weighted by Crippen LogP contribution is 2.15. The fourth-order valence-electron chi connectivity index (χ4n) is 2.31. The van der Waals surface area contributed by atoms with E-state index in [2.05, 4.69) is 51.3 Å². The van der Waals surface area contributed by atoms with E-state index < -0.39 is 0 Å². The minimum absolute atomic E-state index is 0.894. The zero-order valence-corrected chi connectivity index (χ0v) is 13.2. The summed E-state index contributed by atoms with van der Waals surface area (Å²) in [6, 6.07) is 6.45. The largest absolute Gasteiger partial charge is 0.379 e. The van der Waals surface area contributed by atoms with E-state index in [0.29, 0.717) is 0 Å². The van der Waals surface area contributed by atoms with Crippen LogP contribution in [0.25, 0.3) is 0 Å². The summed E-state index contributed by atoms with van der Waals surface area (Å²) in [6.45, 7) is 9.33. The quantitative estimate of drug-likeness (QED) is 0.813. The van der Waals surface area contributed by atoms with E-state index in [9.17, 15) is 0 Å². The van der Waals surface area contributed by atoms with Crippen molar-refractivity contribution in [1.82, 2.24) is 10.2 Å². The summed E-state index contributed by atoms with van der Waals surface area (Å²) in [6.07, 6.45) is 1.20. The summed E-state index contributed by atoms with van der Waals surface area (Å²) in [4.78, 5) is 2.48. The molecular formula is C15H23BrN2O. The molecule has 19 heavy (non-hydrogen) atoms. The van der Waals surface area contributed by atoms with Gasteiger partial charge in [-0.1, -0.05) is 22.0 Å². The summed E-state index contributed by atoms with van der Waals surface area (Å²) in [5, 5.41) is 3.53. The molecule has 0 atom stereocenters. The van der Waals surface area contributed by atoms with Crippen molar-refractivity contribution in [3.05, 3.63) is 33.8 Å². The summed E-state index contributed by atoms with van der Waals surface area (Å²) < 4.78 is 6.50. The number of ether oxygens (including phenoxy) is 1. The van der Waals surface area contributed by atoms with Crippen LogP contribution >= 0.6 is 15.9 Å². The van der Waals surface area contributed by atoms with Crippen LogP contribution in [0.15, 0.2) is 22.7 Å². The predicted molar refractivity (Wildman–Crippen MR) is 82.5 cm³/mol. The summed E-state index contributed by atoms with van der Waals surface area (Å²) >= 11 is 3.52. The van der Waals surface area contributed by atoms with E-state index >= 15 is 0 Å². The third-order valence-electron chi connectivity index (χ3n) is 3.56. The molecule has 1 aliphatic heterocycles. The van der Waals surface area contributed by atoms with Crippen LogP contribution in [0.1, 0.15) is 17.5 Å². The molecule has 1 aliphatic rings. The first-order valence-electron chi connectivity index (χ1n) is 7.01. The lowest BCUT2D eigenvalue weighted by Gasteiger charge is -2.26. The Morgan fingerprint density at radius 1 is 1.32 bits per heavy atom. The molecule has 0 radical (unpaired) electrons. The molecule has 0 saturated carbocycles. The molecule has 0 aliphatic carbocycles. The van der Waals surface area contributed by atoms with Gasteiger partial charge in [-0.15, -0.1) is 0 Å². The Bertz CT molecular complexity index is 392. The molecule has 106 valence electrons. The van der Waals surface area contributed by atoms with Gasteiger partial charge in [0.1, 0.15) is 0 Å². The van der Waals surface area contributed by atoms with Gasteiger partial charge < -0.3 is 10.1 Å². The second-order valence-electron chi connectivity index (χ2n) is 5.06. The van der Waals surface area contributed by atoms with Gasteiger partial charge in [0, 0.05) is 24.1 Å². The van der Waals surface area contributed by atoms with Crippen LogP contribution in [0.3, 0.4) is 0 Å². The van der Waals surface area contributed by atoms with Gasteiger partial charge >= 0.3 is 0 Å². The number of halogens is 1. The number of aryl methyl sites for hydroxylation is 1. The van der Waals surface area contributed by atoms with Crippen molar-refractivity contribution in [2.75, 3.05) is 39.4 Å². The van der Waals surface area contributed by atoms with Crippen LogP contribution in [0.4, 0.5) is 0 Å². The predicted octanol–water partition coefficient (Wildman–Crippen LogP) is 2.57. The lowest BCUT2D eigenvalue weighted by atomic mass is 10.1. The van der Waals surface area contributed by atoms with E-state index in [1.165, 1.54) is 24.1 Å². The minimum atomic E-state index is 0.894. The van der Waals surface area contributed by atoms with E-state index in [4.69, 9.17) is 4.74 Å². The Morgan fingerprint density at radius 3 is 2.89 bits per heavy atom. The van der Waals surface area contributed by atoms with Crippen molar-refractivity contribution < 1.29 is 4.74 Å². The number of nitrogens with one attached hydrogen (secondary N) is 1. The van der Waals surface area contributed by atoms with Crippen molar-refractivity contribution >= 4 is 15.9 Å². The topological polar surface area (TPSA) is 24.5 Å². The maximum absolute atomic E-state index is 5.35. The average Bonchev–Trinajstić information content (AvgIpc) is 2.43. The van der Waals surface area contributed by atoms with Crippen LogP contribution in [-0.4, -0.2) is 44.3 Å². The molecule has 0 bridgehead atoms. The highest BCUT2D eigenvalue weighted by molar-refractivity contribution is 9.10. The van der Waals surface area contributed by atoms with Crippen molar-refractivity contribution in [2.45, 2.75) is 19.9 Å². The standard InChI is InChI=1S/C15H23BrN2O/c1-13-3-4-15(16)11-14(13)12-17-5-2-6-18-7-9-19-10-8-18/h3-4,11,17H,2,5-10,12H2,1H3. The Kier molecular flexibility index (Phi) is 6.31. The second kappa shape index (κ2) is 8.00. The fourth-order valence-corrected chi connectivity index (χ4v) is 2.71. The Hall–Kier alpha value is -0.420. The molecule has 1 N–H and O–H groups in total. The van der Waals surface area contributed by atoms with E-state index in [-0.39, 0.29) is 0 Å². The molecule has 0 aromatic heterocycles. The zero-order chi connectivity index (χ0) is 13.5. The molecule has 2 rings (SSSR count). The Labute approximate surface area is 124 Å². The molecule has 4 heteroatoms. The second-order valence-corrected chi connectivity index (χ2v) is 5.97. The highest BCUT2D eigenvalue weighted by Gasteiger charge is 2.08. The molecule has 0 spiro atoms. The first-order chi connectivity index (χ1) is 9.25. The van der Waals surface area contributed by atoms with E-state index in [0.717, 1.165) is 43.9 Å². The summed E-state index contributed by atoms with van der Waals surface area (Å²) in [7, 11) is 0. The molecule has 1 aromatic carbocycles. The van der Waals surface area contributed by atoms with Gasteiger partial charge in [-0.05, 0) is 49.7 Å². The monoisotopic (exact) mass is 326 g/mol. The SMILES string of the molecule is Cc1ccc(Br)cc1CNCCCN1CCOCC1.